The Labute approximate surface area is 106 Å². The van der Waals surface area contributed by atoms with Gasteiger partial charge in [0.25, 0.3) is 0 Å². The van der Waals surface area contributed by atoms with E-state index in [1.807, 2.05) is 0 Å². The number of nitrogens with zero attached hydrogens (tertiary/aromatic N) is 1. The Kier molecular flexibility index (Phi) is 3.45. The molecule has 1 N–H and O–H groups in total. The number of nitrogens with one attached hydrogen (secondary N) is 1. The first-order valence-corrected chi connectivity index (χ1v) is 7.70. The van der Waals surface area contributed by atoms with Crippen molar-refractivity contribution < 1.29 is 0 Å². The molecule has 0 spiro atoms. The highest BCUT2D eigenvalue weighted by Crippen LogP contribution is 2.49. The van der Waals surface area contributed by atoms with E-state index in [1.54, 1.807) is 0 Å². The third-order valence-electron chi connectivity index (χ3n) is 5.07. The van der Waals surface area contributed by atoms with Gasteiger partial charge in [0.15, 0.2) is 0 Å². The molecule has 0 aromatic carbocycles. The summed E-state index contributed by atoms with van der Waals surface area (Å²) in [5.74, 6) is 4.05. The van der Waals surface area contributed by atoms with Gasteiger partial charge >= 0.3 is 0 Å². The molecule has 0 bridgehead atoms. The number of hydrogen-bond acceptors (Lipinski definition) is 2. The minimum absolute atomic E-state index is 0.781. The molecule has 2 nitrogen and oxygen atoms in total. The molecule has 0 radical (unpaired) electrons. The highest BCUT2D eigenvalue weighted by atomic mass is 15.2. The lowest BCUT2D eigenvalue weighted by Crippen LogP contribution is -2.55. The van der Waals surface area contributed by atoms with Gasteiger partial charge in [0.05, 0.1) is 0 Å². The standard InChI is InChI=1S/C15H28N2/c1-11(2)15-9-16-7-8-17(15)10-14(12-3-4-12)13-5-6-13/h11-16H,3-10H2,1-2H3. The molecule has 1 saturated heterocycles. The van der Waals surface area contributed by atoms with Crippen molar-refractivity contribution in [3.05, 3.63) is 0 Å². The largest absolute Gasteiger partial charge is 0.314 e. The lowest BCUT2D eigenvalue weighted by atomic mass is 9.93. The van der Waals surface area contributed by atoms with Gasteiger partial charge in [0, 0.05) is 32.2 Å². The molecule has 17 heavy (non-hydrogen) atoms. The number of hydrogen-bond donors (Lipinski definition) is 1. The molecule has 0 amide bonds. The molecule has 2 heteroatoms. The van der Waals surface area contributed by atoms with E-state index in [1.165, 1.54) is 51.9 Å². The first-order valence-electron chi connectivity index (χ1n) is 7.70. The molecule has 1 aliphatic heterocycles. The second kappa shape index (κ2) is 4.89. The van der Waals surface area contributed by atoms with Gasteiger partial charge in [-0.3, -0.25) is 4.90 Å². The zero-order valence-corrected chi connectivity index (χ0v) is 11.5. The fraction of sp³-hybridized carbons (Fsp3) is 1.00. The van der Waals surface area contributed by atoms with Gasteiger partial charge in [-0.1, -0.05) is 13.8 Å². The van der Waals surface area contributed by atoms with Crippen LogP contribution in [0.4, 0.5) is 0 Å². The van der Waals surface area contributed by atoms with Crippen LogP contribution in [-0.2, 0) is 0 Å². The molecule has 0 aromatic heterocycles. The van der Waals surface area contributed by atoms with Crippen LogP contribution in [-0.4, -0.2) is 37.1 Å². The predicted octanol–water partition coefficient (Wildman–Crippen LogP) is 2.35. The highest BCUT2D eigenvalue weighted by molar-refractivity contribution is 4.94. The van der Waals surface area contributed by atoms with Gasteiger partial charge in [-0.05, 0) is 49.4 Å². The summed E-state index contributed by atoms with van der Waals surface area (Å²) in [4.78, 5) is 2.81. The van der Waals surface area contributed by atoms with Crippen LogP contribution in [0, 0.1) is 23.7 Å². The van der Waals surface area contributed by atoms with Crippen LogP contribution in [0.2, 0.25) is 0 Å². The fourth-order valence-corrected chi connectivity index (χ4v) is 3.65. The Balaban J connectivity index is 1.60. The molecule has 2 saturated carbocycles. The van der Waals surface area contributed by atoms with Gasteiger partial charge in [0.1, 0.15) is 0 Å². The minimum Gasteiger partial charge on any atom is -0.314 e. The Hall–Kier alpha value is -0.0800. The molecule has 0 aromatic rings. The monoisotopic (exact) mass is 236 g/mol. The number of rotatable bonds is 5. The van der Waals surface area contributed by atoms with Gasteiger partial charge in [-0.2, -0.15) is 0 Å². The molecule has 1 heterocycles. The quantitative estimate of drug-likeness (QED) is 0.788. The highest BCUT2D eigenvalue weighted by Gasteiger charge is 2.43. The van der Waals surface area contributed by atoms with Crippen molar-refractivity contribution >= 4 is 0 Å². The van der Waals surface area contributed by atoms with Crippen LogP contribution in [0.3, 0.4) is 0 Å². The van der Waals surface area contributed by atoms with Crippen LogP contribution in [0.25, 0.3) is 0 Å². The van der Waals surface area contributed by atoms with Crippen molar-refractivity contribution in [2.24, 2.45) is 23.7 Å². The SMILES string of the molecule is CC(C)C1CNCCN1CC(C1CC1)C1CC1. The van der Waals surface area contributed by atoms with Gasteiger partial charge < -0.3 is 5.32 Å². The predicted molar refractivity (Wildman–Crippen MR) is 72.0 cm³/mol. The van der Waals surface area contributed by atoms with E-state index in [2.05, 4.69) is 24.1 Å². The van der Waals surface area contributed by atoms with Crippen LogP contribution >= 0.6 is 0 Å². The zero-order chi connectivity index (χ0) is 11.8. The smallest absolute Gasteiger partial charge is 0.0244 e. The summed E-state index contributed by atoms with van der Waals surface area (Å²) >= 11 is 0. The van der Waals surface area contributed by atoms with E-state index < -0.39 is 0 Å². The maximum absolute atomic E-state index is 3.57. The molecule has 1 atom stereocenters. The van der Waals surface area contributed by atoms with Gasteiger partial charge in [-0.15, -0.1) is 0 Å². The summed E-state index contributed by atoms with van der Waals surface area (Å²) in [5.41, 5.74) is 0. The Morgan fingerprint density at radius 3 is 2.29 bits per heavy atom. The summed E-state index contributed by atoms with van der Waals surface area (Å²) in [5, 5.41) is 3.57. The van der Waals surface area contributed by atoms with Crippen molar-refractivity contribution in [3.63, 3.8) is 0 Å². The van der Waals surface area contributed by atoms with Gasteiger partial charge in [-0.25, -0.2) is 0 Å². The van der Waals surface area contributed by atoms with E-state index in [9.17, 15) is 0 Å². The molecular formula is C15H28N2. The third-order valence-corrected chi connectivity index (χ3v) is 5.07. The van der Waals surface area contributed by atoms with E-state index in [0.29, 0.717) is 0 Å². The molecular weight excluding hydrogens is 208 g/mol. The van der Waals surface area contributed by atoms with Crippen molar-refractivity contribution in [1.29, 1.82) is 0 Å². The molecule has 3 fully saturated rings. The van der Waals surface area contributed by atoms with Crippen LogP contribution < -0.4 is 5.32 Å². The number of piperazine rings is 1. The normalized spacial score (nSPS) is 31.4. The van der Waals surface area contributed by atoms with Crippen LogP contribution in [0.1, 0.15) is 39.5 Å². The van der Waals surface area contributed by atoms with E-state index in [-0.39, 0.29) is 0 Å². The summed E-state index contributed by atoms with van der Waals surface area (Å²) in [6, 6.07) is 0.781. The summed E-state index contributed by atoms with van der Waals surface area (Å²) in [6.45, 7) is 9.85. The lowest BCUT2D eigenvalue weighted by Gasteiger charge is -2.40. The topological polar surface area (TPSA) is 15.3 Å². The molecule has 2 aliphatic carbocycles. The second-order valence-corrected chi connectivity index (χ2v) is 6.85. The van der Waals surface area contributed by atoms with Crippen molar-refractivity contribution in [3.8, 4) is 0 Å². The van der Waals surface area contributed by atoms with Crippen LogP contribution in [0.5, 0.6) is 0 Å². The summed E-state index contributed by atoms with van der Waals surface area (Å²) < 4.78 is 0. The first-order chi connectivity index (χ1) is 8.25. The van der Waals surface area contributed by atoms with Crippen molar-refractivity contribution in [1.82, 2.24) is 10.2 Å². The van der Waals surface area contributed by atoms with Crippen molar-refractivity contribution in [2.75, 3.05) is 26.2 Å². The maximum atomic E-state index is 3.57. The Morgan fingerprint density at radius 1 is 1.12 bits per heavy atom. The fourth-order valence-electron chi connectivity index (χ4n) is 3.65. The first kappa shape index (κ1) is 12.0. The molecule has 3 rings (SSSR count). The minimum atomic E-state index is 0.781. The maximum Gasteiger partial charge on any atom is 0.0244 e. The lowest BCUT2D eigenvalue weighted by molar-refractivity contribution is 0.0943. The molecule has 98 valence electrons. The van der Waals surface area contributed by atoms with Gasteiger partial charge in [0.2, 0.25) is 0 Å². The average Bonchev–Trinajstić information content (AvgIpc) is 3.16. The Bertz CT molecular complexity index is 244. The Morgan fingerprint density at radius 2 is 1.76 bits per heavy atom. The van der Waals surface area contributed by atoms with Crippen molar-refractivity contribution in [2.45, 2.75) is 45.6 Å². The average molecular weight is 236 g/mol. The third kappa shape index (κ3) is 2.85. The zero-order valence-electron chi connectivity index (χ0n) is 11.5. The molecule has 3 aliphatic rings. The summed E-state index contributed by atoms with van der Waals surface area (Å²) in [7, 11) is 0. The van der Waals surface area contributed by atoms with Crippen LogP contribution in [0.15, 0.2) is 0 Å². The second-order valence-electron chi connectivity index (χ2n) is 6.85. The van der Waals surface area contributed by atoms with E-state index in [4.69, 9.17) is 0 Å². The van der Waals surface area contributed by atoms with E-state index >= 15 is 0 Å². The molecule has 1 unspecified atom stereocenters. The summed E-state index contributed by atoms with van der Waals surface area (Å²) in [6.07, 6.45) is 6.11. The van der Waals surface area contributed by atoms with E-state index in [0.717, 1.165) is 29.7 Å².